The predicted octanol–water partition coefficient (Wildman–Crippen LogP) is 5.50. The molecule has 0 spiro atoms. The molecule has 0 aromatic heterocycles. The van der Waals surface area contributed by atoms with Crippen LogP contribution in [0.25, 0.3) is 0 Å². The third-order valence-electron chi connectivity index (χ3n) is 6.40. The van der Waals surface area contributed by atoms with E-state index in [1.54, 1.807) is 40.0 Å². The van der Waals surface area contributed by atoms with Crippen molar-refractivity contribution in [2.75, 3.05) is 26.1 Å². The Kier molecular flexibility index (Phi) is 9.48. The van der Waals surface area contributed by atoms with Crippen LogP contribution in [0.1, 0.15) is 44.7 Å². The number of methoxy groups -OCH3 is 1. The summed E-state index contributed by atoms with van der Waals surface area (Å²) in [5.74, 6) is -0.0486. The van der Waals surface area contributed by atoms with Crippen molar-refractivity contribution in [2.45, 2.75) is 57.7 Å². The van der Waals surface area contributed by atoms with Crippen molar-refractivity contribution in [3.63, 3.8) is 0 Å². The van der Waals surface area contributed by atoms with Crippen LogP contribution in [0.5, 0.6) is 5.75 Å². The number of halogens is 2. The zero-order valence-corrected chi connectivity index (χ0v) is 23.3. The molecule has 7 nitrogen and oxygen atoms in total. The van der Waals surface area contributed by atoms with E-state index in [1.807, 2.05) is 36.4 Å². The lowest BCUT2D eigenvalue weighted by atomic mass is 9.86. The number of ether oxygens (including phenoxy) is 2. The monoisotopic (exact) mass is 548 g/mol. The first-order valence-corrected chi connectivity index (χ1v) is 13.1. The molecule has 1 aliphatic heterocycles. The number of amides is 2. The molecule has 200 valence electrons. The Morgan fingerprint density at radius 1 is 1.03 bits per heavy atom. The van der Waals surface area contributed by atoms with E-state index in [0.29, 0.717) is 17.9 Å². The van der Waals surface area contributed by atoms with E-state index in [2.05, 4.69) is 0 Å². The van der Waals surface area contributed by atoms with Gasteiger partial charge in [-0.25, -0.2) is 4.79 Å². The fraction of sp³-hybridized carbons (Fsp3) is 0.464. The van der Waals surface area contributed by atoms with E-state index in [-0.39, 0.29) is 43.6 Å². The third-order valence-corrected chi connectivity index (χ3v) is 6.88. The number of benzene rings is 2. The molecule has 0 radical (unpaired) electrons. The first-order chi connectivity index (χ1) is 17.5. The minimum atomic E-state index is -1.23. The number of aryl methyl sites for hydroxylation is 1. The molecule has 2 aromatic carbocycles. The number of carbonyl (C=O) groups is 3. The smallest absolute Gasteiger partial charge is 0.410 e. The lowest BCUT2D eigenvalue weighted by Gasteiger charge is -2.40. The molecule has 0 bridgehead atoms. The van der Waals surface area contributed by atoms with Crippen LogP contribution in [-0.2, 0) is 27.3 Å². The van der Waals surface area contributed by atoms with Gasteiger partial charge < -0.3 is 19.3 Å². The number of hydrogen-bond acceptors (Lipinski definition) is 5. The molecule has 1 saturated heterocycles. The van der Waals surface area contributed by atoms with E-state index in [0.717, 1.165) is 16.9 Å². The van der Waals surface area contributed by atoms with Gasteiger partial charge in [0.25, 0.3) is 0 Å². The van der Waals surface area contributed by atoms with E-state index >= 15 is 0 Å². The molecule has 0 aliphatic carbocycles. The highest BCUT2D eigenvalue weighted by Crippen LogP contribution is 2.34. The molecule has 9 heteroatoms. The van der Waals surface area contributed by atoms with Crippen LogP contribution in [0.2, 0.25) is 5.02 Å². The highest BCUT2D eigenvalue weighted by atomic mass is 35.5. The van der Waals surface area contributed by atoms with Crippen molar-refractivity contribution < 1.29 is 23.9 Å². The Morgan fingerprint density at radius 2 is 1.65 bits per heavy atom. The topological polar surface area (TPSA) is 76.2 Å². The highest BCUT2D eigenvalue weighted by Gasteiger charge is 2.51. The van der Waals surface area contributed by atoms with Crippen LogP contribution >= 0.6 is 23.2 Å². The highest BCUT2D eigenvalue weighted by molar-refractivity contribution is 6.30. The second-order valence-electron chi connectivity index (χ2n) is 10.2. The number of Topliss-reactive ketones (excluding diaryl/α,β-unsaturated/α-hetero) is 1. The summed E-state index contributed by atoms with van der Waals surface area (Å²) >= 11 is 12.1. The van der Waals surface area contributed by atoms with Crippen molar-refractivity contribution in [3.8, 4) is 5.75 Å². The lowest BCUT2D eigenvalue weighted by molar-refractivity contribution is -0.145. The molecule has 1 unspecified atom stereocenters. The standard InChI is InChI=1S/C28H34Cl2N2O5/c1-27(2,3)37-26(35)31-16-15-28(19-31,24(33)14-9-20-7-12-23(36-4)13-8-20)32(25(34)17-29)18-21-5-10-22(30)11-6-21/h5-8,10-13H,9,14-19H2,1-4H3. The van der Waals surface area contributed by atoms with Crippen molar-refractivity contribution >= 4 is 41.0 Å². The Morgan fingerprint density at radius 3 is 2.22 bits per heavy atom. The molecule has 0 N–H and O–H groups in total. The van der Waals surface area contributed by atoms with Gasteiger partial charge in [-0.2, -0.15) is 0 Å². The molecule has 1 atom stereocenters. The van der Waals surface area contributed by atoms with Crippen LogP contribution in [0.3, 0.4) is 0 Å². The molecule has 3 rings (SSSR count). The number of alkyl halides is 1. The summed E-state index contributed by atoms with van der Waals surface area (Å²) in [5.41, 5.74) is -0.134. The number of nitrogens with zero attached hydrogens (tertiary/aromatic N) is 2. The molecular formula is C28H34Cl2N2O5. The number of ketones is 1. The van der Waals surface area contributed by atoms with Crippen LogP contribution in [0, 0.1) is 0 Å². The quantitative estimate of drug-likeness (QED) is 0.387. The van der Waals surface area contributed by atoms with E-state index in [9.17, 15) is 14.4 Å². The minimum absolute atomic E-state index is 0.0412. The maximum absolute atomic E-state index is 14.0. The summed E-state index contributed by atoms with van der Waals surface area (Å²) in [6.45, 7) is 5.86. The van der Waals surface area contributed by atoms with Gasteiger partial charge in [0, 0.05) is 24.5 Å². The van der Waals surface area contributed by atoms with Gasteiger partial charge in [-0.05, 0) is 69.0 Å². The molecule has 1 heterocycles. The minimum Gasteiger partial charge on any atom is -0.497 e. The van der Waals surface area contributed by atoms with E-state index in [1.165, 1.54) is 9.80 Å². The summed E-state index contributed by atoms with van der Waals surface area (Å²) in [4.78, 5) is 43.1. The molecule has 1 fully saturated rings. The van der Waals surface area contributed by atoms with Crippen LogP contribution in [0.4, 0.5) is 4.79 Å². The molecule has 37 heavy (non-hydrogen) atoms. The Balaban J connectivity index is 1.91. The van der Waals surface area contributed by atoms with Gasteiger partial charge in [-0.15, -0.1) is 11.6 Å². The molecule has 2 amide bonds. The average Bonchev–Trinajstić information content (AvgIpc) is 3.32. The number of carbonyl (C=O) groups excluding carboxylic acids is 3. The lowest BCUT2D eigenvalue weighted by Crippen LogP contribution is -2.59. The molecule has 1 aliphatic rings. The van der Waals surface area contributed by atoms with Crippen molar-refractivity contribution in [2.24, 2.45) is 0 Å². The third kappa shape index (κ3) is 7.39. The maximum Gasteiger partial charge on any atom is 0.410 e. The normalized spacial score (nSPS) is 17.4. The average molecular weight is 549 g/mol. The zero-order valence-electron chi connectivity index (χ0n) is 21.8. The number of hydrogen-bond donors (Lipinski definition) is 0. The summed E-state index contributed by atoms with van der Waals surface area (Å²) < 4.78 is 10.8. The second-order valence-corrected chi connectivity index (χ2v) is 10.9. The molecule has 2 aromatic rings. The summed E-state index contributed by atoms with van der Waals surface area (Å²) in [7, 11) is 1.60. The van der Waals surface area contributed by atoms with E-state index in [4.69, 9.17) is 32.7 Å². The Hall–Kier alpha value is -2.77. The van der Waals surface area contributed by atoms with Crippen molar-refractivity contribution in [3.05, 3.63) is 64.7 Å². The van der Waals surface area contributed by atoms with E-state index < -0.39 is 17.2 Å². The summed E-state index contributed by atoms with van der Waals surface area (Å²) in [6.07, 6.45) is 0.466. The molecular weight excluding hydrogens is 515 g/mol. The van der Waals surface area contributed by atoms with Gasteiger partial charge in [0.2, 0.25) is 5.91 Å². The largest absolute Gasteiger partial charge is 0.497 e. The van der Waals surface area contributed by atoms with Crippen molar-refractivity contribution in [1.82, 2.24) is 9.80 Å². The van der Waals surface area contributed by atoms with Crippen molar-refractivity contribution in [1.29, 1.82) is 0 Å². The summed E-state index contributed by atoms with van der Waals surface area (Å²) in [5, 5.41) is 0.571. The van der Waals surface area contributed by atoms with Gasteiger partial charge in [0.05, 0.1) is 13.7 Å². The predicted molar refractivity (Wildman–Crippen MR) is 144 cm³/mol. The van der Waals surface area contributed by atoms with Crippen LogP contribution in [0.15, 0.2) is 48.5 Å². The van der Waals surface area contributed by atoms with Gasteiger partial charge >= 0.3 is 6.09 Å². The van der Waals surface area contributed by atoms with Crippen LogP contribution < -0.4 is 4.74 Å². The summed E-state index contributed by atoms with van der Waals surface area (Å²) in [6, 6.07) is 14.6. The second kappa shape index (κ2) is 12.2. The first-order valence-electron chi connectivity index (χ1n) is 12.2. The fourth-order valence-corrected chi connectivity index (χ4v) is 4.75. The Labute approximate surface area is 228 Å². The maximum atomic E-state index is 14.0. The SMILES string of the molecule is COc1ccc(CCC(=O)C2(N(Cc3ccc(Cl)cc3)C(=O)CCl)CCN(C(=O)OC(C)(C)C)C2)cc1. The Bertz CT molecular complexity index is 1100. The van der Waals surface area contributed by atoms with Gasteiger partial charge in [-0.1, -0.05) is 35.9 Å². The molecule has 0 saturated carbocycles. The number of rotatable bonds is 9. The van der Waals surface area contributed by atoms with Gasteiger partial charge in [0.15, 0.2) is 5.78 Å². The fourth-order valence-electron chi connectivity index (χ4n) is 4.48. The first kappa shape index (κ1) is 28.8. The number of likely N-dealkylation sites (tertiary alicyclic amines) is 1. The van der Waals surface area contributed by atoms with Gasteiger partial charge in [0.1, 0.15) is 22.8 Å². The van der Waals surface area contributed by atoms with Gasteiger partial charge in [-0.3, -0.25) is 9.59 Å². The van der Waals surface area contributed by atoms with Crippen LogP contribution in [-0.4, -0.2) is 64.8 Å². The zero-order chi connectivity index (χ0) is 27.2.